The summed E-state index contributed by atoms with van der Waals surface area (Å²) in [5.74, 6) is 0.165. The van der Waals surface area contributed by atoms with Gasteiger partial charge in [0.05, 0.1) is 16.4 Å². The van der Waals surface area contributed by atoms with Gasteiger partial charge >= 0.3 is 0 Å². The van der Waals surface area contributed by atoms with E-state index in [0.717, 1.165) is 22.4 Å². The van der Waals surface area contributed by atoms with Crippen LogP contribution in [0.25, 0.3) is 17.1 Å². The van der Waals surface area contributed by atoms with Gasteiger partial charge in [0.1, 0.15) is 0 Å². The van der Waals surface area contributed by atoms with E-state index in [2.05, 4.69) is 15.4 Å². The summed E-state index contributed by atoms with van der Waals surface area (Å²) in [4.78, 5) is 17.4. The molecule has 1 N–H and O–H groups in total. The maximum atomic E-state index is 12.9. The number of amides is 1. The molecular formula is C23H18Cl2N4O. The minimum atomic E-state index is -0.458. The molecule has 0 unspecified atom stereocenters. The SMILES string of the molecule is Cc1cccc(-n2nc(C(=O)Nc3ccc(Cl)cc3Cl)nc2-c2ccccc2)c1C. The molecule has 30 heavy (non-hydrogen) atoms. The topological polar surface area (TPSA) is 59.8 Å². The zero-order valence-electron chi connectivity index (χ0n) is 16.4. The van der Waals surface area contributed by atoms with Crippen molar-refractivity contribution in [3.05, 3.63) is 93.7 Å². The molecule has 7 heteroatoms. The molecule has 4 aromatic rings. The highest BCUT2D eigenvalue weighted by molar-refractivity contribution is 6.36. The second kappa shape index (κ2) is 8.30. The van der Waals surface area contributed by atoms with Crippen LogP contribution in [0.2, 0.25) is 10.0 Å². The number of anilines is 1. The van der Waals surface area contributed by atoms with Gasteiger partial charge in [-0.05, 0) is 49.2 Å². The third-order valence-electron chi connectivity index (χ3n) is 4.83. The first-order valence-electron chi connectivity index (χ1n) is 9.29. The number of aryl methyl sites for hydroxylation is 1. The lowest BCUT2D eigenvalue weighted by molar-refractivity contribution is 0.101. The summed E-state index contributed by atoms with van der Waals surface area (Å²) in [6, 6.07) is 20.5. The van der Waals surface area contributed by atoms with Crippen LogP contribution in [0, 0.1) is 13.8 Å². The molecule has 0 atom stereocenters. The molecule has 0 fully saturated rings. The van der Waals surface area contributed by atoms with Gasteiger partial charge in [0.2, 0.25) is 5.82 Å². The monoisotopic (exact) mass is 436 g/mol. The summed E-state index contributed by atoms with van der Waals surface area (Å²) >= 11 is 12.1. The summed E-state index contributed by atoms with van der Waals surface area (Å²) in [5.41, 5.74) is 4.35. The zero-order chi connectivity index (χ0) is 21.3. The van der Waals surface area contributed by atoms with Crippen molar-refractivity contribution >= 4 is 34.8 Å². The standard InChI is InChI=1S/C23H18Cl2N4O/c1-14-7-6-10-20(15(14)2)29-22(16-8-4-3-5-9-16)27-21(28-29)23(30)26-19-12-11-17(24)13-18(19)25/h3-13H,1-2H3,(H,26,30). The van der Waals surface area contributed by atoms with Gasteiger partial charge in [0, 0.05) is 10.6 Å². The second-order valence-corrected chi connectivity index (χ2v) is 7.68. The lowest BCUT2D eigenvalue weighted by Crippen LogP contribution is -2.14. The normalized spacial score (nSPS) is 10.8. The molecule has 0 aliphatic carbocycles. The molecule has 5 nitrogen and oxygen atoms in total. The van der Waals surface area contributed by atoms with Crippen LogP contribution < -0.4 is 5.32 Å². The van der Waals surface area contributed by atoms with Crippen molar-refractivity contribution in [1.82, 2.24) is 14.8 Å². The van der Waals surface area contributed by atoms with Crippen molar-refractivity contribution in [3.8, 4) is 17.1 Å². The Bertz CT molecular complexity index is 1240. The van der Waals surface area contributed by atoms with Gasteiger partial charge in [-0.3, -0.25) is 4.79 Å². The average molecular weight is 437 g/mol. The predicted octanol–water partition coefficient (Wildman–Crippen LogP) is 6.11. The van der Waals surface area contributed by atoms with E-state index < -0.39 is 5.91 Å². The highest BCUT2D eigenvalue weighted by atomic mass is 35.5. The summed E-state index contributed by atoms with van der Waals surface area (Å²) in [6.07, 6.45) is 0. The number of benzene rings is 3. The van der Waals surface area contributed by atoms with Crippen molar-refractivity contribution in [2.24, 2.45) is 0 Å². The van der Waals surface area contributed by atoms with E-state index >= 15 is 0 Å². The number of halogens is 2. The van der Waals surface area contributed by atoms with E-state index in [-0.39, 0.29) is 5.82 Å². The van der Waals surface area contributed by atoms with Gasteiger partial charge in [-0.2, -0.15) is 0 Å². The Morgan fingerprint density at radius 3 is 2.47 bits per heavy atom. The van der Waals surface area contributed by atoms with E-state index in [1.165, 1.54) is 0 Å². The summed E-state index contributed by atoms with van der Waals surface area (Å²) in [6.45, 7) is 4.06. The van der Waals surface area contributed by atoms with Gasteiger partial charge in [0.25, 0.3) is 5.91 Å². The fourth-order valence-electron chi connectivity index (χ4n) is 3.08. The third kappa shape index (κ3) is 3.95. The first-order chi connectivity index (χ1) is 14.4. The number of rotatable bonds is 4. The molecule has 0 saturated heterocycles. The van der Waals surface area contributed by atoms with Crippen LogP contribution in [0.1, 0.15) is 21.7 Å². The molecular weight excluding hydrogens is 419 g/mol. The Labute approximate surface area is 184 Å². The van der Waals surface area contributed by atoms with Crippen molar-refractivity contribution in [1.29, 1.82) is 0 Å². The van der Waals surface area contributed by atoms with Crippen molar-refractivity contribution in [2.45, 2.75) is 13.8 Å². The molecule has 0 aliphatic rings. The van der Waals surface area contributed by atoms with E-state index in [9.17, 15) is 4.79 Å². The number of nitrogens with one attached hydrogen (secondary N) is 1. The molecule has 0 radical (unpaired) electrons. The van der Waals surface area contributed by atoms with Crippen LogP contribution in [0.5, 0.6) is 0 Å². The molecule has 150 valence electrons. The summed E-state index contributed by atoms with van der Waals surface area (Å²) in [7, 11) is 0. The summed E-state index contributed by atoms with van der Waals surface area (Å²) < 4.78 is 1.70. The number of aromatic nitrogens is 3. The highest BCUT2D eigenvalue weighted by Gasteiger charge is 2.20. The van der Waals surface area contributed by atoms with Crippen LogP contribution in [-0.4, -0.2) is 20.7 Å². The molecule has 1 heterocycles. The summed E-state index contributed by atoms with van der Waals surface area (Å²) in [5, 5.41) is 8.11. The number of hydrogen-bond donors (Lipinski definition) is 1. The van der Waals surface area contributed by atoms with Crippen molar-refractivity contribution in [3.63, 3.8) is 0 Å². The van der Waals surface area contributed by atoms with Gasteiger partial charge in [-0.15, -0.1) is 5.10 Å². The van der Waals surface area contributed by atoms with Crippen LogP contribution in [-0.2, 0) is 0 Å². The zero-order valence-corrected chi connectivity index (χ0v) is 17.9. The third-order valence-corrected chi connectivity index (χ3v) is 5.37. The molecule has 0 saturated carbocycles. The molecule has 4 rings (SSSR count). The van der Waals surface area contributed by atoms with Gasteiger partial charge in [0.15, 0.2) is 5.82 Å². The number of carbonyl (C=O) groups excluding carboxylic acids is 1. The van der Waals surface area contributed by atoms with Crippen LogP contribution in [0.15, 0.2) is 66.7 Å². The minimum Gasteiger partial charge on any atom is -0.318 e. The Morgan fingerprint density at radius 1 is 0.967 bits per heavy atom. The van der Waals surface area contributed by atoms with E-state index in [4.69, 9.17) is 23.2 Å². The average Bonchev–Trinajstić information content (AvgIpc) is 3.18. The quantitative estimate of drug-likeness (QED) is 0.419. The van der Waals surface area contributed by atoms with Crippen LogP contribution >= 0.6 is 23.2 Å². The first kappa shape index (κ1) is 20.1. The maximum Gasteiger partial charge on any atom is 0.295 e. The minimum absolute atomic E-state index is 0.0424. The molecule has 0 bridgehead atoms. The molecule has 1 aromatic heterocycles. The lowest BCUT2D eigenvalue weighted by atomic mass is 10.1. The molecule has 0 spiro atoms. The Morgan fingerprint density at radius 2 is 1.73 bits per heavy atom. The molecule has 3 aromatic carbocycles. The fraction of sp³-hybridized carbons (Fsp3) is 0.0870. The molecule has 1 amide bonds. The van der Waals surface area contributed by atoms with E-state index in [1.54, 1.807) is 22.9 Å². The van der Waals surface area contributed by atoms with Gasteiger partial charge in [-0.1, -0.05) is 65.7 Å². The smallest absolute Gasteiger partial charge is 0.295 e. The highest BCUT2D eigenvalue weighted by Crippen LogP contribution is 2.27. The van der Waals surface area contributed by atoms with Crippen LogP contribution in [0.4, 0.5) is 5.69 Å². The van der Waals surface area contributed by atoms with Gasteiger partial charge < -0.3 is 5.32 Å². The second-order valence-electron chi connectivity index (χ2n) is 6.83. The number of hydrogen-bond acceptors (Lipinski definition) is 3. The maximum absolute atomic E-state index is 12.9. The van der Waals surface area contributed by atoms with E-state index in [0.29, 0.717) is 21.6 Å². The Kier molecular flexibility index (Phi) is 5.57. The Hall–Kier alpha value is -3.15. The Balaban J connectivity index is 1.79. The number of nitrogens with zero attached hydrogens (tertiary/aromatic N) is 3. The van der Waals surface area contributed by atoms with E-state index in [1.807, 2.05) is 62.4 Å². The van der Waals surface area contributed by atoms with Crippen LogP contribution in [0.3, 0.4) is 0 Å². The first-order valence-corrected chi connectivity index (χ1v) is 10.0. The molecule has 0 aliphatic heterocycles. The predicted molar refractivity (Wildman–Crippen MR) is 121 cm³/mol. The largest absolute Gasteiger partial charge is 0.318 e. The van der Waals surface area contributed by atoms with Crippen molar-refractivity contribution < 1.29 is 4.79 Å². The fourth-order valence-corrected chi connectivity index (χ4v) is 3.54. The number of carbonyl (C=O) groups is 1. The van der Waals surface area contributed by atoms with Gasteiger partial charge in [-0.25, -0.2) is 9.67 Å². The van der Waals surface area contributed by atoms with Crippen molar-refractivity contribution in [2.75, 3.05) is 5.32 Å². The lowest BCUT2D eigenvalue weighted by Gasteiger charge is -2.10.